The Balaban J connectivity index is 2.80. The molecule has 1 atom stereocenters. The summed E-state index contributed by atoms with van der Waals surface area (Å²) in [5.41, 5.74) is -0.932. The predicted octanol–water partition coefficient (Wildman–Crippen LogP) is 2.47. The summed E-state index contributed by atoms with van der Waals surface area (Å²) in [7, 11) is 0. The van der Waals surface area contributed by atoms with Gasteiger partial charge >= 0.3 is 5.97 Å². The monoisotopic (exact) mass is 244 g/mol. The van der Waals surface area contributed by atoms with E-state index in [2.05, 4.69) is 0 Å². The van der Waals surface area contributed by atoms with Crippen LogP contribution in [0.1, 0.15) is 32.6 Å². The molecule has 0 amide bonds. The summed E-state index contributed by atoms with van der Waals surface area (Å²) in [5, 5.41) is 0. The van der Waals surface area contributed by atoms with Gasteiger partial charge in [-0.1, -0.05) is 12.2 Å². The van der Waals surface area contributed by atoms with Crippen LogP contribution in [-0.4, -0.2) is 24.2 Å². The number of ketones is 1. The Morgan fingerprint density at radius 3 is 2.81 bits per heavy atom. The molecule has 0 heterocycles. The minimum Gasteiger partial charge on any atom is -0.465 e. The molecule has 4 heteroatoms. The van der Waals surface area contributed by atoms with Crippen molar-refractivity contribution in [2.45, 2.75) is 32.6 Å². The molecule has 0 saturated heterocycles. The van der Waals surface area contributed by atoms with Crippen molar-refractivity contribution in [3.63, 3.8) is 0 Å². The van der Waals surface area contributed by atoms with E-state index in [-0.39, 0.29) is 11.8 Å². The third-order valence-corrected chi connectivity index (χ3v) is 3.11. The number of alkyl halides is 1. The lowest BCUT2D eigenvalue weighted by molar-refractivity contribution is -0.158. The molecular weight excluding hydrogens is 228 g/mol. The van der Waals surface area contributed by atoms with E-state index < -0.39 is 5.41 Å². The van der Waals surface area contributed by atoms with Gasteiger partial charge in [-0.3, -0.25) is 9.59 Å². The maximum Gasteiger partial charge on any atom is 0.319 e. The Bertz CT molecular complexity index is 299. The summed E-state index contributed by atoms with van der Waals surface area (Å²) in [6.07, 6.45) is 5.82. The van der Waals surface area contributed by atoms with E-state index in [1.807, 2.05) is 0 Å². The summed E-state index contributed by atoms with van der Waals surface area (Å²) < 4.78 is 5.00. The van der Waals surface area contributed by atoms with E-state index >= 15 is 0 Å². The van der Waals surface area contributed by atoms with Gasteiger partial charge in [0.05, 0.1) is 6.61 Å². The van der Waals surface area contributed by atoms with Crippen LogP contribution in [-0.2, 0) is 14.3 Å². The SMILES string of the molecule is CCOC(=O)C1(CC=CCCl)CCCC1=O. The smallest absolute Gasteiger partial charge is 0.319 e. The maximum atomic E-state index is 11.9. The summed E-state index contributed by atoms with van der Waals surface area (Å²) in [6, 6.07) is 0. The number of hydrogen-bond acceptors (Lipinski definition) is 3. The quantitative estimate of drug-likeness (QED) is 0.323. The van der Waals surface area contributed by atoms with Gasteiger partial charge in [0.25, 0.3) is 0 Å². The lowest BCUT2D eigenvalue weighted by atomic mass is 9.81. The molecule has 0 aromatic carbocycles. The largest absolute Gasteiger partial charge is 0.465 e. The van der Waals surface area contributed by atoms with Gasteiger partial charge in [0.15, 0.2) is 5.78 Å². The molecule has 0 bridgehead atoms. The minimum atomic E-state index is -0.932. The van der Waals surface area contributed by atoms with E-state index in [0.29, 0.717) is 31.7 Å². The van der Waals surface area contributed by atoms with Crippen molar-refractivity contribution in [3.8, 4) is 0 Å². The molecule has 1 saturated carbocycles. The second kappa shape index (κ2) is 6.04. The summed E-state index contributed by atoms with van der Waals surface area (Å²) in [6.45, 7) is 2.06. The van der Waals surface area contributed by atoms with Crippen molar-refractivity contribution in [1.29, 1.82) is 0 Å². The van der Waals surface area contributed by atoms with Crippen LogP contribution in [0, 0.1) is 5.41 Å². The van der Waals surface area contributed by atoms with Crippen LogP contribution in [0.3, 0.4) is 0 Å². The maximum absolute atomic E-state index is 11.9. The molecule has 0 spiro atoms. The molecule has 1 fully saturated rings. The normalized spacial score (nSPS) is 25.2. The van der Waals surface area contributed by atoms with Gasteiger partial charge in [-0.05, 0) is 26.2 Å². The van der Waals surface area contributed by atoms with Gasteiger partial charge in [0.1, 0.15) is 5.41 Å². The van der Waals surface area contributed by atoms with Crippen molar-refractivity contribution in [2.24, 2.45) is 5.41 Å². The Morgan fingerprint density at radius 2 is 2.31 bits per heavy atom. The number of ether oxygens (including phenoxy) is 1. The lowest BCUT2D eigenvalue weighted by Crippen LogP contribution is -2.36. The van der Waals surface area contributed by atoms with Crippen molar-refractivity contribution >= 4 is 23.4 Å². The van der Waals surface area contributed by atoms with Crippen molar-refractivity contribution < 1.29 is 14.3 Å². The first-order chi connectivity index (χ1) is 7.67. The van der Waals surface area contributed by atoms with Crippen LogP contribution in [0.5, 0.6) is 0 Å². The third kappa shape index (κ3) is 2.64. The second-order valence-electron chi connectivity index (χ2n) is 3.91. The molecule has 90 valence electrons. The van der Waals surface area contributed by atoms with E-state index in [4.69, 9.17) is 16.3 Å². The lowest BCUT2D eigenvalue weighted by Gasteiger charge is -2.23. The van der Waals surface area contributed by atoms with Crippen LogP contribution in [0.15, 0.2) is 12.2 Å². The Morgan fingerprint density at radius 1 is 1.56 bits per heavy atom. The zero-order chi connectivity index (χ0) is 12.0. The Labute approximate surface area is 101 Å². The number of hydrogen-bond donors (Lipinski definition) is 0. The number of esters is 1. The molecule has 0 aromatic rings. The number of carbonyl (C=O) groups excluding carboxylic acids is 2. The predicted molar refractivity (Wildman–Crippen MR) is 62.4 cm³/mol. The fourth-order valence-corrected chi connectivity index (χ4v) is 2.19. The highest BCUT2D eigenvalue weighted by atomic mass is 35.5. The molecule has 1 rings (SSSR count). The number of carbonyl (C=O) groups is 2. The zero-order valence-electron chi connectivity index (χ0n) is 9.50. The average Bonchev–Trinajstić information content (AvgIpc) is 2.62. The molecule has 1 unspecified atom stereocenters. The number of halogens is 1. The Hall–Kier alpha value is -0.830. The molecule has 1 aliphatic carbocycles. The summed E-state index contributed by atoms with van der Waals surface area (Å²) in [4.78, 5) is 23.7. The molecule has 3 nitrogen and oxygen atoms in total. The highest BCUT2D eigenvalue weighted by Gasteiger charge is 2.48. The number of allylic oxidation sites excluding steroid dienone is 2. The standard InChI is InChI=1S/C12H17ClO3/c1-2-16-11(15)12(7-3-4-9-13)8-5-6-10(12)14/h3-4H,2,5-9H2,1H3. The molecule has 0 N–H and O–H groups in total. The molecule has 0 aromatic heterocycles. The van der Waals surface area contributed by atoms with Gasteiger partial charge in [-0.25, -0.2) is 0 Å². The van der Waals surface area contributed by atoms with Gasteiger partial charge in [0.2, 0.25) is 0 Å². The van der Waals surface area contributed by atoms with E-state index in [1.165, 1.54) is 0 Å². The number of rotatable bonds is 5. The number of Topliss-reactive ketones (excluding diaryl/α,β-unsaturated/α-hetero) is 1. The summed E-state index contributed by atoms with van der Waals surface area (Å²) in [5.74, 6) is 0.0227. The van der Waals surface area contributed by atoms with Crippen LogP contribution >= 0.6 is 11.6 Å². The van der Waals surface area contributed by atoms with Crippen LogP contribution in [0.2, 0.25) is 0 Å². The molecular formula is C12H17ClO3. The van der Waals surface area contributed by atoms with Crippen molar-refractivity contribution in [3.05, 3.63) is 12.2 Å². The molecule has 16 heavy (non-hydrogen) atoms. The van der Waals surface area contributed by atoms with Gasteiger partial charge in [-0.2, -0.15) is 0 Å². The van der Waals surface area contributed by atoms with Crippen molar-refractivity contribution in [2.75, 3.05) is 12.5 Å². The van der Waals surface area contributed by atoms with Gasteiger partial charge < -0.3 is 4.74 Å². The average molecular weight is 245 g/mol. The zero-order valence-corrected chi connectivity index (χ0v) is 10.3. The molecule has 0 aliphatic heterocycles. The summed E-state index contributed by atoms with van der Waals surface area (Å²) >= 11 is 5.52. The highest BCUT2D eigenvalue weighted by molar-refractivity contribution is 6.18. The minimum absolute atomic E-state index is 0.00479. The van der Waals surface area contributed by atoms with Crippen LogP contribution < -0.4 is 0 Å². The van der Waals surface area contributed by atoms with Crippen LogP contribution in [0.25, 0.3) is 0 Å². The first-order valence-electron chi connectivity index (χ1n) is 5.59. The second-order valence-corrected chi connectivity index (χ2v) is 4.22. The highest BCUT2D eigenvalue weighted by Crippen LogP contribution is 2.39. The van der Waals surface area contributed by atoms with Gasteiger partial charge in [0, 0.05) is 12.3 Å². The Kier molecular flexibility index (Phi) is 5.00. The topological polar surface area (TPSA) is 43.4 Å². The first-order valence-corrected chi connectivity index (χ1v) is 6.12. The van der Waals surface area contributed by atoms with Crippen molar-refractivity contribution in [1.82, 2.24) is 0 Å². The fraction of sp³-hybridized carbons (Fsp3) is 0.667. The van der Waals surface area contributed by atoms with E-state index in [0.717, 1.165) is 6.42 Å². The van der Waals surface area contributed by atoms with E-state index in [1.54, 1.807) is 19.1 Å². The fourth-order valence-electron chi connectivity index (χ4n) is 2.06. The van der Waals surface area contributed by atoms with Crippen LogP contribution in [0.4, 0.5) is 0 Å². The molecule has 1 aliphatic rings. The first kappa shape index (κ1) is 13.2. The molecule has 0 radical (unpaired) electrons. The van der Waals surface area contributed by atoms with Gasteiger partial charge in [-0.15, -0.1) is 11.6 Å². The van der Waals surface area contributed by atoms with E-state index in [9.17, 15) is 9.59 Å². The third-order valence-electron chi connectivity index (χ3n) is 2.93.